The highest BCUT2D eigenvalue weighted by Crippen LogP contribution is 2.51. The highest BCUT2D eigenvalue weighted by Gasteiger charge is 2.48. The van der Waals surface area contributed by atoms with E-state index in [0.717, 1.165) is 50.0 Å². The maximum atomic E-state index is 14.1. The predicted octanol–water partition coefficient (Wildman–Crippen LogP) is 5.06. The number of para-hydroxylation sites is 1. The van der Waals surface area contributed by atoms with E-state index >= 15 is 0 Å². The molecule has 180 valence electrons. The van der Waals surface area contributed by atoms with Crippen molar-refractivity contribution in [1.29, 1.82) is 0 Å². The first kappa shape index (κ1) is 22.0. The highest BCUT2D eigenvalue weighted by molar-refractivity contribution is 5.94. The Kier molecular flexibility index (Phi) is 5.80. The molecular formula is C29H32N4O2. The first-order chi connectivity index (χ1) is 17.2. The number of nitrogens with one attached hydrogen (secondary N) is 3. The smallest absolute Gasteiger partial charge is 0.251 e. The van der Waals surface area contributed by atoms with Crippen molar-refractivity contribution in [2.75, 3.05) is 11.9 Å². The van der Waals surface area contributed by atoms with Crippen LogP contribution in [0, 0.1) is 11.8 Å². The second-order valence-electron chi connectivity index (χ2n) is 10.1. The van der Waals surface area contributed by atoms with Gasteiger partial charge in [-0.15, -0.1) is 0 Å². The molecule has 1 saturated carbocycles. The van der Waals surface area contributed by atoms with Crippen LogP contribution in [-0.4, -0.2) is 34.3 Å². The highest BCUT2D eigenvalue weighted by atomic mass is 16.2. The van der Waals surface area contributed by atoms with Gasteiger partial charge in [0.15, 0.2) is 0 Å². The number of carbonyl (C=O) groups excluding carboxylic acids is 2. The summed E-state index contributed by atoms with van der Waals surface area (Å²) in [7, 11) is 0. The molecule has 2 aliphatic heterocycles. The topological polar surface area (TPSA) is 77.2 Å². The fourth-order valence-corrected chi connectivity index (χ4v) is 6.47. The van der Waals surface area contributed by atoms with Gasteiger partial charge in [-0.1, -0.05) is 49.2 Å². The minimum absolute atomic E-state index is 0.0423. The van der Waals surface area contributed by atoms with Gasteiger partial charge in [0.05, 0.1) is 18.0 Å². The van der Waals surface area contributed by atoms with Crippen LogP contribution in [0.15, 0.2) is 72.9 Å². The SMILES string of the molecule is O=C(N[C@@H]1CCCC[C@@H]1C(=O)N1CC[C@@H]2[C@@H](c3ccc[nH]3)Nc3ccccc3[C@H]21)c1ccccc1. The summed E-state index contributed by atoms with van der Waals surface area (Å²) in [6, 6.07) is 21.9. The number of carbonyl (C=O) groups is 2. The number of amides is 2. The minimum atomic E-state index is -0.179. The molecular weight excluding hydrogens is 436 g/mol. The standard InChI is InChI=1S/C29H32N4O2/c34-28(19-9-2-1-3-10-19)32-24-14-7-5-12-21(24)29(35)33-18-16-22-26(25-15-8-17-30-25)31-23-13-6-4-11-20(23)27(22)33/h1-4,6,8-11,13,15,17,21-22,24,26-27,30-31H,5,7,12,14,16,18H2,(H,32,34)/t21-,22+,24+,26-,27+/m0/s1. The molecule has 1 saturated heterocycles. The lowest BCUT2D eigenvalue weighted by atomic mass is 9.80. The molecule has 2 aromatic carbocycles. The number of fused-ring (bicyclic) bond motifs is 3. The molecule has 5 atom stereocenters. The molecule has 3 aromatic rings. The Labute approximate surface area is 206 Å². The van der Waals surface area contributed by atoms with Gasteiger partial charge in [-0.3, -0.25) is 9.59 Å². The third-order valence-electron chi connectivity index (χ3n) is 8.14. The zero-order valence-electron chi connectivity index (χ0n) is 19.8. The van der Waals surface area contributed by atoms with Crippen LogP contribution in [0.3, 0.4) is 0 Å². The van der Waals surface area contributed by atoms with Gasteiger partial charge in [0.2, 0.25) is 5.91 Å². The number of H-pyrrole nitrogens is 1. The summed E-state index contributed by atoms with van der Waals surface area (Å²) in [6.07, 6.45) is 6.66. The fraction of sp³-hybridized carbons (Fsp3) is 0.379. The Balaban J connectivity index is 1.27. The van der Waals surface area contributed by atoms with E-state index in [2.05, 4.69) is 50.8 Å². The molecule has 2 amide bonds. The average Bonchev–Trinajstić information content (AvgIpc) is 3.60. The van der Waals surface area contributed by atoms with Crippen molar-refractivity contribution in [2.24, 2.45) is 11.8 Å². The fourth-order valence-electron chi connectivity index (χ4n) is 6.47. The van der Waals surface area contributed by atoms with Crippen LogP contribution in [-0.2, 0) is 4.79 Å². The molecule has 1 aromatic heterocycles. The molecule has 2 fully saturated rings. The number of aromatic amines is 1. The summed E-state index contributed by atoms with van der Waals surface area (Å²) in [5.41, 5.74) is 4.11. The van der Waals surface area contributed by atoms with E-state index in [1.165, 1.54) is 5.56 Å². The summed E-state index contributed by atoms with van der Waals surface area (Å²) < 4.78 is 0. The lowest BCUT2D eigenvalue weighted by molar-refractivity contribution is -0.138. The maximum Gasteiger partial charge on any atom is 0.251 e. The molecule has 0 spiro atoms. The molecule has 0 unspecified atom stereocenters. The number of nitrogens with zero attached hydrogens (tertiary/aromatic N) is 1. The molecule has 1 aliphatic carbocycles. The van der Waals surface area contributed by atoms with Crippen LogP contribution in [0.4, 0.5) is 5.69 Å². The third kappa shape index (κ3) is 4.01. The molecule has 3 aliphatic rings. The van der Waals surface area contributed by atoms with Crippen molar-refractivity contribution in [3.05, 3.63) is 89.7 Å². The predicted molar refractivity (Wildman–Crippen MR) is 136 cm³/mol. The number of hydrogen-bond acceptors (Lipinski definition) is 3. The number of benzene rings is 2. The molecule has 6 heteroatoms. The van der Waals surface area contributed by atoms with Gasteiger partial charge in [0.25, 0.3) is 5.91 Å². The van der Waals surface area contributed by atoms with Crippen molar-refractivity contribution in [3.8, 4) is 0 Å². The molecule has 3 N–H and O–H groups in total. The summed E-state index contributed by atoms with van der Waals surface area (Å²) in [5.74, 6) is 0.223. The quantitative estimate of drug-likeness (QED) is 0.501. The van der Waals surface area contributed by atoms with Gasteiger partial charge < -0.3 is 20.5 Å². The Morgan fingerprint density at radius 1 is 0.886 bits per heavy atom. The van der Waals surface area contributed by atoms with Crippen LogP contribution in [0.5, 0.6) is 0 Å². The van der Waals surface area contributed by atoms with Crippen LogP contribution in [0.25, 0.3) is 0 Å². The average molecular weight is 469 g/mol. The molecule has 0 bridgehead atoms. The van der Waals surface area contributed by atoms with Crippen molar-refractivity contribution in [1.82, 2.24) is 15.2 Å². The van der Waals surface area contributed by atoms with Gasteiger partial charge >= 0.3 is 0 Å². The van der Waals surface area contributed by atoms with Crippen molar-refractivity contribution >= 4 is 17.5 Å². The van der Waals surface area contributed by atoms with Crippen molar-refractivity contribution in [2.45, 2.75) is 50.2 Å². The second kappa shape index (κ2) is 9.25. The number of aromatic nitrogens is 1. The third-order valence-corrected chi connectivity index (χ3v) is 8.14. The van der Waals surface area contributed by atoms with E-state index in [4.69, 9.17) is 0 Å². The van der Waals surface area contributed by atoms with E-state index in [1.807, 2.05) is 42.6 Å². The van der Waals surface area contributed by atoms with Gasteiger partial charge in [-0.05, 0) is 55.2 Å². The number of anilines is 1. The largest absolute Gasteiger partial charge is 0.376 e. The minimum Gasteiger partial charge on any atom is -0.376 e. The normalized spacial score (nSPS) is 27.4. The number of rotatable bonds is 4. The Morgan fingerprint density at radius 3 is 2.51 bits per heavy atom. The van der Waals surface area contributed by atoms with Crippen LogP contribution in [0.2, 0.25) is 0 Å². The molecule has 6 nitrogen and oxygen atoms in total. The van der Waals surface area contributed by atoms with Crippen molar-refractivity contribution < 1.29 is 9.59 Å². The summed E-state index contributed by atoms with van der Waals surface area (Å²) in [4.78, 5) is 32.6. The van der Waals surface area contributed by atoms with Gasteiger partial charge in [-0.25, -0.2) is 0 Å². The van der Waals surface area contributed by atoms with E-state index in [-0.39, 0.29) is 35.9 Å². The summed E-state index contributed by atoms with van der Waals surface area (Å²) in [5, 5.41) is 6.94. The maximum absolute atomic E-state index is 14.1. The second-order valence-corrected chi connectivity index (χ2v) is 10.1. The Hall–Kier alpha value is -3.54. The first-order valence-corrected chi connectivity index (χ1v) is 12.9. The number of hydrogen-bond donors (Lipinski definition) is 3. The van der Waals surface area contributed by atoms with Gasteiger partial charge in [0, 0.05) is 41.6 Å². The Morgan fingerprint density at radius 2 is 1.69 bits per heavy atom. The van der Waals surface area contributed by atoms with Crippen LogP contribution < -0.4 is 10.6 Å². The van der Waals surface area contributed by atoms with Gasteiger partial charge in [-0.2, -0.15) is 0 Å². The summed E-state index contributed by atoms with van der Waals surface area (Å²) >= 11 is 0. The Bertz CT molecular complexity index is 1190. The monoisotopic (exact) mass is 468 g/mol. The molecule has 0 radical (unpaired) electrons. The van der Waals surface area contributed by atoms with Crippen LogP contribution in [0.1, 0.15) is 65.8 Å². The molecule has 6 rings (SSSR count). The zero-order valence-corrected chi connectivity index (χ0v) is 19.8. The van der Waals surface area contributed by atoms with E-state index in [9.17, 15) is 9.59 Å². The van der Waals surface area contributed by atoms with Gasteiger partial charge in [0.1, 0.15) is 0 Å². The van der Waals surface area contributed by atoms with E-state index in [0.29, 0.717) is 11.5 Å². The lowest BCUT2D eigenvalue weighted by Gasteiger charge is -2.41. The number of likely N-dealkylation sites (tertiary alicyclic amines) is 1. The van der Waals surface area contributed by atoms with Crippen molar-refractivity contribution in [3.63, 3.8) is 0 Å². The summed E-state index contributed by atoms with van der Waals surface area (Å²) in [6.45, 7) is 0.747. The van der Waals surface area contributed by atoms with E-state index < -0.39 is 0 Å². The van der Waals surface area contributed by atoms with Crippen LogP contribution >= 0.6 is 0 Å². The zero-order chi connectivity index (χ0) is 23.8. The first-order valence-electron chi connectivity index (χ1n) is 12.9. The molecule has 35 heavy (non-hydrogen) atoms. The lowest BCUT2D eigenvalue weighted by Crippen LogP contribution is -2.50. The molecule has 3 heterocycles. The van der Waals surface area contributed by atoms with E-state index in [1.54, 1.807) is 0 Å².